The molecular weight excluding hydrogens is 1220 g/mol. The quantitative estimate of drug-likeness (QED) is 0.125. The first-order valence-corrected chi connectivity index (χ1v) is 33.5. The molecule has 19 aromatic rings. The molecule has 6 heterocycles. The molecule has 0 aliphatic rings. The standard InChI is InChI=1S/C48H30N4.C44H28N4/c1-3-11-32(12-4-1)45-30-46(33-13-5-2-6-14-33)52-48(51-45)42-27-25-35-20-23-38(29-44(35)50-42)41-26-24-34-19-22-37(28-43(34)49-41)40-17-9-15-36-21-18-31-10-7-8-16-39(31)47(36)40;1-3-10-30(11-4-1)42-28-43(31-12-5-2-6-13-31)48-44(47-42)39-24-22-33-17-20-37(27-41(33)46-39)38-23-21-32-16-19-36(26-40(32)45-38)35-18-15-29-9-7-8-14-34(29)25-35/h1-30H;1-28H. The van der Waals surface area contributed by atoms with Crippen LogP contribution < -0.4 is 0 Å². The van der Waals surface area contributed by atoms with Gasteiger partial charge in [-0.1, -0.05) is 285 Å². The summed E-state index contributed by atoms with van der Waals surface area (Å²) in [5.74, 6) is 1.18. The summed E-state index contributed by atoms with van der Waals surface area (Å²) >= 11 is 0. The number of pyridine rings is 4. The molecule has 0 atom stereocenters. The van der Waals surface area contributed by atoms with Gasteiger partial charge in [0.25, 0.3) is 0 Å². The summed E-state index contributed by atoms with van der Waals surface area (Å²) in [7, 11) is 0. The van der Waals surface area contributed by atoms with E-state index in [0.29, 0.717) is 11.6 Å². The fourth-order valence-corrected chi connectivity index (χ4v) is 13.5. The summed E-state index contributed by atoms with van der Waals surface area (Å²) in [5, 5.41) is 11.8. The molecule has 0 amide bonds. The van der Waals surface area contributed by atoms with Crippen LogP contribution in [0.15, 0.2) is 352 Å². The average Bonchev–Trinajstić information content (AvgIpc) is 0.763. The lowest BCUT2D eigenvalue weighted by Gasteiger charge is -2.12. The SMILES string of the molecule is c1ccc(-c2cc(-c3ccccc3)nc(-c3ccc4ccc(-c5ccc6ccc(-c7ccc8ccccc8c7)cc6n5)cc4n3)n2)cc1.c1ccc(-c2cc(-c3ccccc3)nc(-c3ccc4ccc(-c5ccc6ccc(-c7cccc8ccc9ccccc9c78)cc6n5)cc4n3)n2)cc1. The van der Waals surface area contributed by atoms with Crippen LogP contribution in [-0.4, -0.2) is 39.9 Å². The highest BCUT2D eigenvalue weighted by Gasteiger charge is 2.17. The number of fused-ring (bicyclic) bond motifs is 8. The Morgan fingerprint density at radius 2 is 0.470 bits per heavy atom. The Bertz CT molecular complexity index is 6230. The van der Waals surface area contributed by atoms with Crippen LogP contribution in [-0.2, 0) is 0 Å². The van der Waals surface area contributed by atoms with Crippen molar-refractivity contribution in [2.24, 2.45) is 0 Å². The van der Waals surface area contributed by atoms with Gasteiger partial charge in [0, 0.05) is 54.9 Å². The van der Waals surface area contributed by atoms with Crippen molar-refractivity contribution in [1.29, 1.82) is 0 Å². The van der Waals surface area contributed by atoms with Crippen molar-refractivity contribution in [3.8, 4) is 113 Å². The topological polar surface area (TPSA) is 103 Å². The molecule has 0 N–H and O–H groups in total. The summed E-state index contributed by atoms with van der Waals surface area (Å²) in [6, 6.07) is 122. The van der Waals surface area contributed by atoms with Gasteiger partial charge in [-0.25, -0.2) is 39.9 Å². The van der Waals surface area contributed by atoms with E-state index in [1.165, 1.54) is 43.4 Å². The minimum absolute atomic E-state index is 0.588. The molecule has 19 rings (SSSR count). The summed E-state index contributed by atoms with van der Waals surface area (Å²) in [6.45, 7) is 0. The second-order valence-corrected chi connectivity index (χ2v) is 25.1. The molecule has 100 heavy (non-hydrogen) atoms. The Labute approximate surface area is 577 Å². The first kappa shape index (κ1) is 59.0. The van der Waals surface area contributed by atoms with Crippen LogP contribution in [0.3, 0.4) is 0 Å². The zero-order valence-electron chi connectivity index (χ0n) is 54.1. The Morgan fingerprint density at radius 3 is 0.950 bits per heavy atom. The molecule has 0 bridgehead atoms. The minimum atomic E-state index is 0.588. The predicted molar refractivity (Wildman–Crippen MR) is 412 cm³/mol. The van der Waals surface area contributed by atoms with Gasteiger partial charge in [-0.3, -0.25) is 0 Å². The lowest BCUT2D eigenvalue weighted by atomic mass is 9.93. The van der Waals surface area contributed by atoms with Crippen molar-refractivity contribution >= 4 is 75.9 Å². The molecule has 0 fully saturated rings. The van der Waals surface area contributed by atoms with Crippen LogP contribution in [0, 0.1) is 0 Å². The maximum absolute atomic E-state index is 5.20. The summed E-state index contributed by atoms with van der Waals surface area (Å²) < 4.78 is 0. The number of hydrogen-bond donors (Lipinski definition) is 0. The summed E-state index contributed by atoms with van der Waals surface area (Å²) in [4.78, 5) is 40.5. The van der Waals surface area contributed by atoms with Crippen LogP contribution in [0.4, 0.5) is 0 Å². The Hall–Kier alpha value is -13.6. The molecule has 0 aliphatic heterocycles. The number of hydrogen-bond acceptors (Lipinski definition) is 8. The average molecular weight is 1280 g/mol. The van der Waals surface area contributed by atoms with Crippen molar-refractivity contribution in [1.82, 2.24) is 39.9 Å². The van der Waals surface area contributed by atoms with Crippen LogP contribution >= 0.6 is 0 Å². The smallest absolute Gasteiger partial charge is 0.179 e. The molecule has 6 aromatic heterocycles. The highest BCUT2D eigenvalue weighted by atomic mass is 14.9. The van der Waals surface area contributed by atoms with Gasteiger partial charge in [0.05, 0.1) is 56.2 Å². The number of aromatic nitrogens is 8. The zero-order chi connectivity index (χ0) is 66.3. The largest absolute Gasteiger partial charge is 0.248 e. The van der Waals surface area contributed by atoms with Crippen LogP contribution in [0.25, 0.3) is 189 Å². The van der Waals surface area contributed by atoms with E-state index in [1.807, 2.05) is 97.1 Å². The van der Waals surface area contributed by atoms with Crippen molar-refractivity contribution in [3.63, 3.8) is 0 Å². The Kier molecular flexibility index (Phi) is 15.1. The van der Waals surface area contributed by atoms with Gasteiger partial charge in [0.2, 0.25) is 0 Å². The number of nitrogens with zero attached hydrogens (tertiary/aromatic N) is 8. The zero-order valence-corrected chi connectivity index (χ0v) is 54.1. The van der Waals surface area contributed by atoms with Gasteiger partial charge in [-0.2, -0.15) is 0 Å². The van der Waals surface area contributed by atoms with E-state index in [4.69, 9.17) is 39.9 Å². The second kappa shape index (κ2) is 25.5. The summed E-state index contributed by atoms with van der Waals surface area (Å²) in [5.41, 5.74) is 21.2. The molecule has 0 aliphatic carbocycles. The van der Waals surface area contributed by atoms with Gasteiger partial charge < -0.3 is 0 Å². The van der Waals surface area contributed by atoms with Crippen molar-refractivity contribution in [2.75, 3.05) is 0 Å². The summed E-state index contributed by atoms with van der Waals surface area (Å²) in [6.07, 6.45) is 0. The van der Waals surface area contributed by atoms with E-state index in [0.717, 1.165) is 134 Å². The first-order valence-electron chi connectivity index (χ1n) is 33.5. The van der Waals surface area contributed by atoms with Crippen molar-refractivity contribution in [3.05, 3.63) is 352 Å². The van der Waals surface area contributed by atoms with E-state index in [-0.39, 0.29) is 0 Å². The third kappa shape index (κ3) is 11.7. The van der Waals surface area contributed by atoms with E-state index in [2.05, 4.69) is 255 Å². The van der Waals surface area contributed by atoms with Crippen LogP contribution in [0.5, 0.6) is 0 Å². The Morgan fingerprint density at radius 1 is 0.150 bits per heavy atom. The third-order valence-corrected chi connectivity index (χ3v) is 18.7. The molecule has 0 saturated heterocycles. The first-order chi connectivity index (χ1) is 49.5. The molecule has 0 spiro atoms. The number of benzene rings is 13. The maximum Gasteiger partial charge on any atom is 0.179 e. The number of rotatable bonds is 10. The highest BCUT2D eigenvalue weighted by molar-refractivity contribution is 6.14. The maximum atomic E-state index is 5.20. The van der Waals surface area contributed by atoms with E-state index in [9.17, 15) is 0 Å². The Balaban J connectivity index is 0.000000145. The van der Waals surface area contributed by atoms with Gasteiger partial charge in [-0.05, 0) is 121 Å². The minimum Gasteiger partial charge on any atom is -0.248 e. The van der Waals surface area contributed by atoms with Crippen molar-refractivity contribution in [2.45, 2.75) is 0 Å². The van der Waals surface area contributed by atoms with Crippen molar-refractivity contribution < 1.29 is 0 Å². The third-order valence-electron chi connectivity index (χ3n) is 18.7. The fourth-order valence-electron chi connectivity index (χ4n) is 13.5. The molecular formula is C92H58N8. The monoisotopic (exact) mass is 1270 g/mol. The van der Waals surface area contributed by atoms with Gasteiger partial charge in [-0.15, -0.1) is 0 Å². The van der Waals surface area contributed by atoms with Gasteiger partial charge in [0.15, 0.2) is 11.6 Å². The molecule has 13 aromatic carbocycles. The van der Waals surface area contributed by atoms with Gasteiger partial charge in [0.1, 0.15) is 11.4 Å². The molecule has 8 nitrogen and oxygen atoms in total. The predicted octanol–water partition coefficient (Wildman–Crippen LogP) is 23.3. The highest BCUT2D eigenvalue weighted by Crippen LogP contribution is 2.38. The van der Waals surface area contributed by atoms with E-state index in [1.54, 1.807) is 0 Å². The fraction of sp³-hybridized carbons (Fsp3) is 0. The molecule has 0 radical (unpaired) electrons. The molecule has 0 unspecified atom stereocenters. The van der Waals surface area contributed by atoms with Gasteiger partial charge >= 0.3 is 0 Å². The molecule has 8 heteroatoms. The molecule has 466 valence electrons. The van der Waals surface area contributed by atoms with Crippen LogP contribution in [0.1, 0.15) is 0 Å². The second-order valence-electron chi connectivity index (χ2n) is 25.1. The molecule has 0 saturated carbocycles. The normalized spacial score (nSPS) is 11.4. The lowest BCUT2D eigenvalue weighted by Crippen LogP contribution is -1.97. The van der Waals surface area contributed by atoms with E-state index >= 15 is 0 Å². The lowest BCUT2D eigenvalue weighted by molar-refractivity contribution is 1.16. The van der Waals surface area contributed by atoms with E-state index < -0.39 is 0 Å². The van der Waals surface area contributed by atoms with Crippen LogP contribution in [0.2, 0.25) is 0 Å².